The summed E-state index contributed by atoms with van der Waals surface area (Å²) >= 11 is 0. The van der Waals surface area contributed by atoms with Gasteiger partial charge in [0.1, 0.15) is 11.5 Å². The highest BCUT2D eigenvalue weighted by Gasteiger charge is 2.25. The summed E-state index contributed by atoms with van der Waals surface area (Å²) in [6.07, 6.45) is 6.48. The van der Waals surface area contributed by atoms with E-state index in [0.717, 1.165) is 29.9 Å². The van der Waals surface area contributed by atoms with E-state index in [4.69, 9.17) is 9.47 Å². The first kappa shape index (κ1) is 23.9. The van der Waals surface area contributed by atoms with Crippen LogP contribution in [-0.2, 0) is 4.79 Å². The minimum absolute atomic E-state index is 0.349. The summed E-state index contributed by atoms with van der Waals surface area (Å²) in [5.74, 6) is 0.0491. The topological polar surface area (TPSA) is 35.5 Å². The Labute approximate surface area is 180 Å². The minimum atomic E-state index is -1.60. The number of rotatable bonds is 13. The average molecular weight is 415 g/mol. The molecule has 164 valence electrons. The highest BCUT2D eigenvalue weighted by molar-refractivity contribution is 5.77. The van der Waals surface area contributed by atoms with Crippen LogP contribution in [0.15, 0.2) is 48.5 Å². The predicted molar refractivity (Wildman–Crippen MR) is 121 cm³/mol. The summed E-state index contributed by atoms with van der Waals surface area (Å²) in [4.78, 5) is 11.9. The molecule has 2 aromatic rings. The van der Waals surface area contributed by atoms with Crippen molar-refractivity contribution in [1.29, 1.82) is 0 Å². The second-order valence-corrected chi connectivity index (χ2v) is 7.87. The molecule has 3 nitrogen and oxygen atoms in total. The van der Waals surface area contributed by atoms with E-state index >= 15 is 0 Å². The van der Waals surface area contributed by atoms with Gasteiger partial charge in [0.2, 0.25) is 0 Å². The van der Waals surface area contributed by atoms with E-state index in [1.165, 1.54) is 32.1 Å². The molecule has 0 heterocycles. The van der Waals surface area contributed by atoms with Crippen LogP contribution >= 0.6 is 0 Å². The van der Waals surface area contributed by atoms with Gasteiger partial charge < -0.3 is 9.47 Å². The minimum Gasteiger partial charge on any atom is -0.494 e. The third-order valence-corrected chi connectivity index (χ3v) is 5.40. The second kappa shape index (κ2) is 13.0. The number of carbonyl (C=O) groups excluding carboxylic acids is 1. The van der Waals surface area contributed by atoms with Crippen molar-refractivity contribution in [3.05, 3.63) is 48.5 Å². The molecular formula is C26H35FO3. The standard InChI is InChI=1S/C26H35FO3/c1-4-6-7-8-9-10-19-29-23-15-11-21(12-16-23)22-13-17-24(18-14-22)30-26(28)25(27)20(3)5-2/h11-18,20,25H,4-10,19H2,1-3H3. The predicted octanol–water partition coefficient (Wildman–Crippen LogP) is 7.38. The second-order valence-electron chi connectivity index (χ2n) is 7.87. The molecule has 0 aliphatic carbocycles. The fourth-order valence-electron chi connectivity index (χ4n) is 3.14. The van der Waals surface area contributed by atoms with Crippen molar-refractivity contribution in [3.8, 4) is 22.6 Å². The molecule has 0 aliphatic rings. The first-order chi connectivity index (χ1) is 14.5. The third-order valence-electron chi connectivity index (χ3n) is 5.40. The van der Waals surface area contributed by atoms with E-state index < -0.39 is 12.1 Å². The van der Waals surface area contributed by atoms with Crippen molar-refractivity contribution in [1.82, 2.24) is 0 Å². The number of hydrogen-bond donors (Lipinski definition) is 0. The van der Waals surface area contributed by atoms with Crippen LogP contribution in [0.1, 0.15) is 65.7 Å². The van der Waals surface area contributed by atoms with Crippen molar-refractivity contribution in [2.24, 2.45) is 5.92 Å². The van der Waals surface area contributed by atoms with E-state index in [0.29, 0.717) is 12.2 Å². The number of halogens is 1. The zero-order chi connectivity index (χ0) is 21.8. The number of unbranched alkanes of at least 4 members (excludes halogenated alkanes) is 5. The number of alkyl halides is 1. The maximum atomic E-state index is 14.0. The Kier molecular flexibility index (Phi) is 10.4. The van der Waals surface area contributed by atoms with Crippen LogP contribution in [0.5, 0.6) is 11.5 Å². The summed E-state index contributed by atoms with van der Waals surface area (Å²) in [6.45, 7) is 6.53. The molecule has 30 heavy (non-hydrogen) atoms. The van der Waals surface area contributed by atoms with Crippen molar-refractivity contribution in [2.75, 3.05) is 6.61 Å². The lowest BCUT2D eigenvalue weighted by molar-refractivity contribution is -0.141. The van der Waals surface area contributed by atoms with Crippen LogP contribution in [0.25, 0.3) is 11.1 Å². The van der Waals surface area contributed by atoms with Gasteiger partial charge >= 0.3 is 5.97 Å². The van der Waals surface area contributed by atoms with Crippen molar-refractivity contribution in [2.45, 2.75) is 71.9 Å². The zero-order valence-corrected chi connectivity index (χ0v) is 18.5. The first-order valence-corrected chi connectivity index (χ1v) is 11.2. The number of carbonyl (C=O) groups is 1. The smallest absolute Gasteiger partial charge is 0.346 e. The summed E-state index contributed by atoms with van der Waals surface area (Å²) in [6, 6.07) is 15.1. The van der Waals surface area contributed by atoms with Crippen LogP contribution < -0.4 is 9.47 Å². The quantitative estimate of drug-likeness (QED) is 0.195. The van der Waals surface area contributed by atoms with Gasteiger partial charge in [0, 0.05) is 0 Å². The molecule has 0 N–H and O–H groups in total. The number of ether oxygens (including phenoxy) is 2. The number of hydrogen-bond acceptors (Lipinski definition) is 3. The summed E-state index contributed by atoms with van der Waals surface area (Å²) in [5, 5.41) is 0. The number of esters is 1. The van der Waals surface area contributed by atoms with Crippen LogP contribution in [0.4, 0.5) is 4.39 Å². The van der Waals surface area contributed by atoms with Gasteiger partial charge in [-0.3, -0.25) is 0 Å². The van der Waals surface area contributed by atoms with Crippen molar-refractivity contribution >= 4 is 5.97 Å². The van der Waals surface area contributed by atoms with Crippen molar-refractivity contribution in [3.63, 3.8) is 0 Å². The van der Waals surface area contributed by atoms with Crippen LogP contribution in [0.3, 0.4) is 0 Å². The Bertz CT molecular complexity index is 740. The van der Waals surface area contributed by atoms with E-state index in [-0.39, 0.29) is 5.92 Å². The van der Waals surface area contributed by atoms with Crippen LogP contribution in [0.2, 0.25) is 0 Å². The molecule has 0 amide bonds. The fourth-order valence-corrected chi connectivity index (χ4v) is 3.14. The maximum Gasteiger partial charge on any atom is 0.346 e. The Balaban J connectivity index is 1.81. The lowest BCUT2D eigenvalue weighted by Gasteiger charge is -2.13. The average Bonchev–Trinajstić information content (AvgIpc) is 2.78. The van der Waals surface area contributed by atoms with Gasteiger partial charge in [-0.15, -0.1) is 0 Å². The molecule has 0 saturated heterocycles. The highest BCUT2D eigenvalue weighted by Crippen LogP contribution is 2.25. The molecule has 0 fully saturated rings. The first-order valence-electron chi connectivity index (χ1n) is 11.2. The van der Waals surface area contributed by atoms with E-state index in [2.05, 4.69) is 6.92 Å². The van der Waals surface area contributed by atoms with Crippen LogP contribution in [-0.4, -0.2) is 18.7 Å². The molecular weight excluding hydrogens is 379 g/mol. The van der Waals surface area contributed by atoms with E-state index in [1.807, 2.05) is 43.3 Å². The Morgan fingerprint density at radius 1 is 0.833 bits per heavy atom. The molecule has 0 saturated carbocycles. The molecule has 2 rings (SSSR count). The summed E-state index contributed by atoms with van der Waals surface area (Å²) in [5.41, 5.74) is 2.04. The molecule has 0 aliphatic heterocycles. The van der Waals surface area contributed by atoms with Gasteiger partial charge in [-0.2, -0.15) is 0 Å². The molecule has 2 atom stereocenters. The Morgan fingerprint density at radius 3 is 1.93 bits per heavy atom. The zero-order valence-electron chi connectivity index (χ0n) is 18.5. The molecule has 0 bridgehead atoms. The molecule has 0 spiro atoms. The van der Waals surface area contributed by atoms with Gasteiger partial charge in [0.15, 0.2) is 6.17 Å². The van der Waals surface area contributed by atoms with Gasteiger partial charge in [-0.1, -0.05) is 83.6 Å². The molecule has 0 aromatic heterocycles. The Hall–Kier alpha value is -2.36. The maximum absolute atomic E-state index is 14.0. The van der Waals surface area contributed by atoms with Crippen molar-refractivity contribution < 1.29 is 18.7 Å². The lowest BCUT2D eigenvalue weighted by Crippen LogP contribution is -2.27. The van der Waals surface area contributed by atoms with E-state index in [1.54, 1.807) is 19.1 Å². The molecule has 2 unspecified atom stereocenters. The molecule has 4 heteroatoms. The van der Waals surface area contributed by atoms with E-state index in [9.17, 15) is 9.18 Å². The third kappa shape index (κ3) is 7.81. The summed E-state index contributed by atoms with van der Waals surface area (Å²) in [7, 11) is 0. The summed E-state index contributed by atoms with van der Waals surface area (Å²) < 4.78 is 24.9. The van der Waals surface area contributed by atoms with Gasteiger partial charge in [0.05, 0.1) is 6.61 Å². The van der Waals surface area contributed by atoms with Gasteiger partial charge in [0.25, 0.3) is 0 Å². The Morgan fingerprint density at radius 2 is 1.37 bits per heavy atom. The van der Waals surface area contributed by atoms with Gasteiger partial charge in [-0.05, 0) is 47.7 Å². The number of benzene rings is 2. The SMILES string of the molecule is CCCCCCCCOc1ccc(-c2ccc(OC(=O)C(F)C(C)CC)cc2)cc1. The largest absolute Gasteiger partial charge is 0.494 e. The fraction of sp³-hybridized carbons (Fsp3) is 0.500. The molecule has 2 aromatic carbocycles. The lowest BCUT2D eigenvalue weighted by atomic mass is 10.0. The highest BCUT2D eigenvalue weighted by atomic mass is 19.1. The van der Waals surface area contributed by atoms with Crippen LogP contribution in [0, 0.1) is 5.92 Å². The monoisotopic (exact) mass is 414 g/mol. The molecule has 0 radical (unpaired) electrons. The normalized spacial score (nSPS) is 12.9. The van der Waals surface area contributed by atoms with Gasteiger partial charge in [-0.25, -0.2) is 9.18 Å².